The average molecular weight is 202 g/mol. The molecule has 1 amide bonds. The van der Waals surface area contributed by atoms with Crippen molar-refractivity contribution in [2.45, 2.75) is 0 Å². The monoisotopic (exact) mass is 202 g/mol. The third-order valence-electron chi connectivity index (χ3n) is 1.88. The zero-order valence-corrected chi connectivity index (χ0v) is 7.92. The van der Waals surface area contributed by atoms with Crippen molar-refractivity contribution in [3.63, 3.8) is 0 Å². The molecular formula is C10H10N4O. The lowest BCUT2D eigenvalue weighted by atomic mass is 10.3. The lowest BCUT2D eigenvalue weighted by Gasteiger charge is -2.07. The highest BCUT2D eigenvalue weighted by Crippen LogP contribution is 2.07. The van der Waals surface area contributed by atoms with Gasteiger partial charge in [-0.05, 0) is 24.3 Å². The topological polar surface area (TPSA) is 72.9 Å². The molecule has 0 atom stereocenters. The van der Waals surface area contributed by atoms with E-state index in [-0.39, 0.29) is 5.69 Å². The van der Waals surface area contributed by atoms with Gasteiger partial charge in [0.1, 0.15) is 5.69 Å². The quantitative estimate of drug-likeness (QED) is 0.775. The number of primary amides is 1. The maximum atomic E-state index is 10.9. The van der Waals surface area contributed by atoms with Gasteiger partial charge < -0.3 is 5.73 Å². The van der Waals surface area contributed by atoms with E-state index in [1.54, 1.807) is 16.8 Å². The molecule has 3 N–H and O–H groups in total. The predicted octanol–water partition coefficient (Wildman–Crippen LogP) is 0.857. The minimum Gasteiger partial charge on any atom is -0.364 e. The molecule has 5 heteroatoms. The minimum absolute atomic E-state index is 0.243. The molecule has 0 saturated carbocycles. The van der Waals surface area contributed by atoms with Gasteiger partial charge in [-0.15, -0.1) is 0 Å². The summed E-state index contributed by atoms with van der Waals surface area (Å²) in [6, 6.07) is 7.14. The van der Waals surface area contributed by atoms with Gasteiger partial charge in [0.15, 0.2) is 0 Å². The zero-order chi connectivity index (χ0) is 10.7. The number of carbonyl (C=O) groups excluding carboxylic acids is 1. The first-order valence-electron chi connectivity index (χ1n) is 4.41. The first kappa shape index (κ1) is 9.26. The molecule has 2 heterocycles. The van der Waals surface area contributed by atoms with Crippen LogP contribution in [0.3, 0.4) is 0 Å². The van der Waals surface area contributed by atoms with E-state index in [4.69, 9.17) is 5.73 Å². The maximum Gasteiger partial charge on any atom is 0.267 e. The van der Waals surface area contributed by atoms with Crippen molar-refractivity contribution in [3.05, 3.63) is 48.5 Å². The number of aromatic nitrogens is 2. The summed E-state index contributed by atoms with van der Waals surface area (Å²) in [5.74, 6) is -0.536. The van der Waals surface area contributed by atoms with Crippen LogP contribution < -0.4 is 11.2 Å². The summed E-state index contributed by atoms with van der Waals surface area (Å²) in [6.45, 7) is 0. The molecule has 0 aliphatic carbocycles. The van der Waals surface area contributed by atoms with Crippen LogP contribution in [-0.4, -0.2) is 15.6 Å². The Bertz CT molecular complexity index is 464. The Morgan fingerprint density at radius 1 is 1.40 bits per heavy atom. The zero-order valence-electron chi connectivity index (χ0n) is 7.92. The summed E-state index contributed by atoms with van der Waals surface area (Å²) in [6.07, 6.45) is 5.24. The first-order valence-corrected chi connectivity index (χ1v) is 4.41. The fraction of sp³-hybridized carbons (Fsp3) is 0. The number of hydrogen-bond donors (Lipinski definition) is 2. The molecule has 0 aliphatic heterocycles. The number of nitrogens with two attached hydrogens (primary N) is 1. The molecule has 0 spiro atoms. The second kappa shape index (κ2) is 3.83. The number of amides is 1. The van der Waals surface area contributed by atoms with Gasteiger partial charge >= 0.3 is 0 Å². The minimum atomic E-state index is -0.536. The SMILES string of the molecule is NC(=O)c1cc(Nn2cccc2)ccn1. The van der Waals surface area contributed by atoms with E-state index < -0.39 is 5.91 Å². The van der Waals surface area contributed by atoms with E-state index in [0.717, 1.165) is 5.69 Å². The summed E-state index contributed by atoms with van der Waals surface area (Å²) in [5, 5.41) is 0. The number of nitrogens with zero attached hydrogens (tertiary/aromatic N) is 2. The number of nitrogens with one attached hydrogen (secondary N) is 1. The van der Waals surface area contributed by atoms with Crippen molar-refractivity contribution in [2.24, 2.45) is 5.73 Å². The Morgan fingerprint density at radius 2 is 2.13 bits per heavy atom. The van der Waals surface area contributed by atoms with E-state index in [0.29, 0.717) is 0 Å². The van der Waals surface area contributed by atoms with Gasteiger partial charge in [0.25, 0.3) is 5.91 Å². The van der Waals surface area contributed by atoms with Gasteiger partial charge in [-0.2, -0.15) is 0 Å². The molecule has 0 unspecified atom stereocenters. The molecule has 0 aromatic carbocycles. The van der Waals surface area contributed by atoms with Gasteiger partial charge in [-0.3, -0.25) is 19.9 Å². The lowest BCUT2D eigenvalue weighted by Crippen LogP contribution is -2.14. The highest BCUT2D eigenvalue weighted by atomic mass is 16.1. The van der Waals surface area contributed by atoms with E-state index >= 15 is 0 Å². The van der Waals surface area contributed by atoms with Crippen LogP contribution in [0.2, 0.25) is 0 Å². The Labute approximate surface area is 86.5 Å². The first-order chi connectivity index (χ1) is 7.25. The van der Waals surface area contributed by atoms with Crippen LogP contribution in [0.5, 0.6) is 0 Å². The number of anilines is 1. The number of rotatable bonds is 3. The summed E-state index contributed by atoms with van der Waals surface area (Å²) < 4.78 is 1.76. The van der Waals surface area contributed by atoms with Crippen molar-refractivity contribution >= 4 is 11.6 Å². The van der Waals surface area contributed by atoms with Crippen molar-refractivity contribution in [2.75, 3.05) is 5.43 Å². The summed E-state index contributed by atoms with van der Waals surface area (Å²) in [5.41, 5.74) is 9.17. The van der Waals surface area contributed by atoms with Gasteiger partial charge in [0.2, 0.25) is 0 Å². The van der Waals surface area contributed by atoms with Crippen LogP contribution in [0.1, 0.15) is 10.5 Å². The van der Waals surface area contributed by atoms with Gasteiger partial charge in [-0.1, -0.05) is 0 Å². The Hall–Kier alpha value is -2.30. The molecule has 76 valence electrons. The number of hydrogen-bond acceptors (Lipinski definition) is 3. The largest absolute Gasteiger partial charge is 0.364 e. The van der Waals surface area contributed by atoms with Crippen LogP contribution in [0.15, 0.2) is 42.9 Å². The molecule has 0 bridgehead atoms. The highest BCUT2D eigenvalue weighted by Gasteiger charge is 2.02. The summed E-state index contributed by atoms with van der Waals surface area (Å²) >= 11 is 0. The van der Waals surface area contributed by atoms with Crippen molar-refractivity contribution in [3.8, 4) is 0 Å². The predicted molar refractivity (Wildman–Crippen MR) is 56.2 cm³/mol. The summed E-state index contributed by atoms with van der Waals surface area (Å²) in [4.78, 5) is 14.7. The van der Waals surface area contributed by atoms with Crippen molar-refractivity contribution in [1.82, 2.24) is 9.66 Å². The van der Waals surface area contributed by atoms with E-state index in [9.17, 15) is 4.79 Å². The van der Waals surface area contributed by atoms with Gasteiger partial charge in [-0.25, -0.2) is 0 Å². The molecule has 2 aromatic heterocycles. The van der Waals surface area contributed by atoms with E-state index in [1.165, 1.54) is 6.20 Å². The highest BCUT2D eigenvalue weighted by molar-refractivity contribution is 5.91. The fourth-order valence-electron chi connectivity index (χ4n) is 1.19. The molecule has 0 radical (unpaired) electrons. The van der Waals surface area contributed by atoms with Crippen LogP contribution in [-0.2, 0) is 0 Å². The molecule has 0 aliphatic rings. The average Bonchev–Trinajstić information content (AvgIpc) is 2.71. The van der Waals surface area contributed by atoms with Gasteiger partial charge in [0.05, 0.1) is 5.69 Å². The maximum absolute atomic E-state index is 10.9. The van der Waals surface area contributed by atoms with Crippen LogP contribution in [0.25, 0.3) is 0 Å². The lowest BCUT2D eigenvalue weighted by molar-refractivity contribution is 0.0995. The number of carbonyl (C=O) groups is 1. The molecule has 0 fully saturated rings. The Kier molecular flexibility index (Phi) is 2.37. The normalized spacial score (nSPS) is 9.87. The van der Waals surface area contributed by atoms with Crippen molar-refractivity contribution < 1.29 is 4.79 Å². The Balaban J connectivity index is 2.22. The molecule has 0 saturated heterocycles. The standard InChI is InChI=1S/C10H10N4O/c11-10(15)9-7-8(3-4-12-9)13-14-5-1-2-6-14/h1-7H,(H2,11,15)(H,12,13). The van der Waals surface area contributed by atoms with Crippen LogP contribution >= 0.6 is 0 Å². The smallest absolute Gasteiger partial charge is 0.267 e. The third-order valence-corrected chi connectivity index (χ3v) is 1.88. The molecular weight excluding hydrogens is 192 g/mol. The second-order valence-electron chi connectivity index (χ2n) is 3.00. The molecule has 2 rings (SSSR count). The summed E-state index contributed by atoms with van der Waals surface area (Å²) in [7, 11) is 0. The fourth-order valence-corrected chi connectivity index (χ4v) is 1.19. The molecule has 2 aromatic rings. The van der Waals surface area contributed by atoms with E-state index in [2.05, 4.69) is 10.4 Å². The van der Waals surface area contributed by atoms with Crippen LogP contribution in [0, 0.1) is 0 Å². The van der Waals surface area contributed by atoms with Gasteiger partial charge in [0, 0.05) is 18.6 Å². The van der Waals surface area contributed by atoms with Crippen molar-refractivity contribution in [1.29, 1.82) is 0 Å². The second-order valence-corrected chi connectivity index (χ2v) is 3.00. The molecule has 5 nitrogen and oxygen atoms in total. The van der Waals surface area contributed by atoms with Crippen LogP contribution in [0.4, 0.5) is 5.69 Å². The third kappa shape index (κ3) is 2.14. The molecule has 15 heavy (non-hydrogen) atoms. The number of pyridine rings is 1. The Morgan fingerprint density at radius 3 is 2.80 bits per heavy atom. The van der Waals surface area contributed by atoms with E-state index in [1.807, 2.05) is 24.5 Å².